The average Bonchev–Trinajstić information content (AvgIpc) is 3.14. The van der Waals surface area contributed by atoms with Gasteiger partial charge in [0, 0.05) is 25.4 Å². The number of aryl methyl sites for hydroxylation is 2. The SMILES string of the molecule is COc1nccnc1O[C@H]1CCN(C(=O)c2c(C)noc2C)C1. The van der Waals surface area contributed by atoms with E-state index in [4.69, 9.17) is 14.0 Å². The van der Waals surface area contributed by atoms with E-state index in [9.17, 15) is 4.79 Å². The molecule has 2 aromatic heterocycles. The molecule has 23 heavy (non-hydrogen) atoms. The molecule has 122 valence electrons. The number of nitrogens with zero attached hydrogens (tertiary/aromatic N) is 4. The third-order valence-electron chi connectivity index (χ3n) is 3.78. The van der Waals surface area contributed by atoms with Crippen LogP contribution in [0.3, 0.4) is 0 Å². The van der Waals surface area contributed by atoms with Gasteiger partial charge < -0.3 is 18.9 Å². The quantitative estimate of drug-likeness (QED) is 0.841. The van der Waals surface area contributed by atoms with Crippen LogP contribution in [-0.4, -0.2) is 52.2 Å². The van der Waals surface area contributed by atoms with Gasteiger partial charge in [0.15, 0.2) is 0 Å². The lowest BCUT2D eigenvalue weighted by atomic mass is 10.2. The van der Waals surface area contributed by atoms with Crippen LogP contribution < -0.4 is 9.47 Å². The third kappa shape index (κ3) is 2.96. The number of carbonyl (C=O) groups excluding carboxylic acids is 1. The van der Waals surface area contributed by atoms with Crippen molar-refractivity contribution in [2.75, 3.05) is 20.2 Å². The Morgan fingerprint density at radius 3 is 2.70 bits per heavy atom. The molecular weight excluding hydrogens is 300 g/mol. The van der Waals surface area contributed by atoms with E-state index in [1.165, 1.54) is 13.3 Å². The Morgan fingerprint density at radius 2 is 2.04 bits per heavy atom. The summed E-state index contributed by atoms with van der Waals surface area (Å²) in [6.07, 6.45) is 3.65. The maximum absolute atomic E-state index is 12.6. The Bertz CT molecular complexity index is 696. The van der Waals surface area contributed by atoms with E-state index in [-0.39, 0.29) is 12.0 Å². The van der Waals surface area contributed by atoms with Crippen LogP contribution >= 0.6 is 0 Å². The van der Waals surface area contributed by atoms with Gasteiger partial charge in [0.05, 0.1) is 19.3 Å². The van der Waals surface area contributed by atoms with Gasteiger partial charge in [-0.1, -0.05) is 5.16 Å². The van der Waals surface area contributed by atoms with Crippen molar-refractivity contribution >= 4 is 5.91 Å². The Kier molecular flexibility index (Phi) is 4.14. The second-order valence-electron chi connectivity index (χ2n) is 5.35. The maximum Gasteiger partial charge on any atom is 0.278 e. The molecule has 3 rings (SSSR count). The van der Waals surface area contributed by atoms with E-state index >= 15 is 0 Å². The van der Waals surface area contributed by atoms with Crippen LogP contribution in [0.25, 0.3) is 0 Å². The molecular formula is C15H18N4O4. The van der Waals surface area contributed by atoms with Crippen LogP contribution in [0.15, 0.2) is 16.9 Å². The largest absolute Gasteiger partial charge is 0.477 e. The van der Waals surface area contributed by atoms with Gasteiger partial charge in [-0.3, -0.25) is 4.79 Å². The molecule has 1 amide bonds. The molecule has 1 aliphatic rings. The molecule has 3 heterocycles. The standard InChI is InChI=1S/C15H18N4O4/c1-9-12(10(2)23-18-9)15(20)19-7-4-11(8-19)22-14-13(21-3)16-5-6-17-14/h5-6,11H,4,7-8H2,1-3H3/t11-/m0/s1. The lowest BCUT2D eigenvalue weighted by molar-refractivity contribution is 0.0768. The predicted molar refractivity (Wildman–Crippen MR) is 79.5 cm³/mol. The van der Waals surface area contributed by atoms with Crippen molar-refractivity contribution in [3.05, 3.63) is 29.4 Å². The Hall–Kier alpha value is -2.64. The van der Waals surface area contributed by atoms with Gasteiger partial charge in [0.1, 0.15) is 17.4 Å². The van der Waals surface area contributed by atoms with Crippen molar-refractivity contribution in [2.24, 2.45) is 0 Å². The minimum Gasteiger partial charge on any atom is -0.477 e. The summed E-state index contributed by atoms with van der Waals surface area (Å²) in [5.41, 5.74) is 1.13. The van der Waals surface area contributed by atoms with Crippen molar-refractivity contribution in [2.45, 2.75) is 26.4 Å². The van der Waals surface area contributed by atoms with Crippen LogP contribution in [0.5, 0.6) is 11.8 Å². The maximum atomic E-state index is 12.6. The van der Waals surface area contributed by atoms with Crippen LogP contribution in [0.1, 0.15) is 28.2 Å². The number of carbonyl (C=O) groups is 1. The summed E-state index contributed by atoms with van der Waals surface area (Å²) in [4.78, 5) is 22.5. The zero-order chi connectivity index (χ0) is 16.4. The monoisotopic (exact) mass is 318 g/mol. The minimum atomic E-state index is -0.148. The number of hydrogen-bond acceptors (Lipinski definition) is 7. The summed E-state index contributed by atoms with van der Waals surface area (Å²) in [6, 6.07) is 0. The highest BCUT2D eigenvalue weighted by Gasteiger charge is 2.32. The first-order chi connectivity index (χ1) is 11.1. The third-order valence-corrected chi connectivity index (χ3v) is 3.78. The van der Waals surface area contributed by atoms with Crippen molar-refractivity contribution in [1.29, 1.82) is 0 Å². The number of ether oxygens (including phenoxy) is 2. The molecule has 8 heteroatoms. The summed E-state index contributed by atoms with van der Waals surface area (Å²) in [7, 11) is 1.51. The van der Waals surface area contributed by atoms with Crippen LogP contribution in [0.4, 0.5) is 0 Å². The number of aromatic nitrogens is 3. The molecule has 1 atom stereocenters. The topological polar surface area (TPSA) is 90.6 Å². The molecule has 8 nitrogen and oxygen atoms in total. The van der Waals surface area contributed by atoms with E-state index < -0.39 is 0 Å². The number of hydrogen-bond donors (Lipinski definition) is 0. The highest BCUT2D eigenvalue weighted by atomic mass is 16.5. The summed E-state index contributed by atoms with van der Waals surface area (Å²) in [5.74, 6) is 1.13. The second kappa shape index (κ2) is 6.23. The fourth-order valence-corrected chi connectivity index (χ4v) is 2.65. The fraction of sp³-hybridized carbons (Fsp3) is 0.467. The zero-order valence-corrected chi connectivity index (χ0v) is 13.3. The second-order valence-corrected chi connectivity index (χ2v) is 5.35. The molecule has 0 aromatic carbocycles. The number of amides is 1. The Balaban J connectivity index is 1.68. The summed E-state index contributed by atoms with van der Waals surface area (Å²) < 4.78 is 16.0. The summed E-state index contributed by atoms with van der Waals surface area (Å²) in [5, 5.41) is 3.83. The molecule has 0 N–H and O–H groups in total. The molecule has 2 aromatic rings. The lowest BCUT2D eigenvalue weighted by Crippen LogP contribution is -2.31. The van der Waals surface area contributed by atoms with Gasteiger partial charge in [-0.05, 0) is 13.8 Å². The van der Waals surface area contributed by atoms with Crippen molar-refractivity contribution in [3.63, 3.8) is 0 Å². The minimum absolute atomic E-state index is 0.0848. The highest BCUT2D eigenvalue weighted by molar-refractivity contribution is 5.96. The first-order valence-corrected chi connectivity index (χ1v) is 7.34. The normalized spacial score (nSPS) is 17.3. The van der Waals surface area contributed by atoms with Crippen molar-refractivity contribution in [3.8, 4) is 11.8 Å². The van der Waals surface area contributed by atoms with Crippen molar-refractivity contribution < 1.29 is 18.8 Å². The van der Waals surface area contributed by atoms with Crippen LogP contribution in [0.2, 0.25) is 0 Å². The summed E-state index contributed by atoms with van der Waals surface area (Å²) in [6.45, 7) is 4.58. The average molecular weight is 318 g/mol. The van der Waals surface area contributed by atoms with E-state index in [0.29, 0.717) is 41.9 Å². The Labute approximate surface area is 133 Å². The van der Waals surface area contributed by atoms with Gasteiger partial charge in [-0.25, -0.2) is 9.97 Å². The predicted octanol–water partition coefficient (Wildman–Crippen LogP) is 1.38. The first kappa shape index (κ1) is 15.3. The molecule has 0 unspecified atom stereocenters. The van der Waals surface area contributed by atoms with E-state index in [2.05, 4.69) is 15.1 Å². The lowest BCUT2D eigenvalue weighted by Gasteiger charge is -2.17. The fourth-order valence-electron chi connectivity index (χ4n) is 2.65. The molecule has 0 bridgehead atoms. The van der Waals surface area contributed by atoms with Gasteiger partial charge in [0.2, 0.25) is 0 Å². The molecule has 0 aliphatic carbocycles. The first-order valence-electron chi connectivity index (χ1n) is 7.34. The molecule has 1 fully saturated rings. The summed E-state index contributed by atoms with van der Waals surface area (Å²) >= 11 is 0. The van der Waals surface area contributed by atoms with Gasteiger partial charge in [-0.15, -0.1) is 0 Å². The van der Waals surface area contributed by atoms with Gasteiger partial charge in [-0.2, -0.15) is 0 Å². The van der Waals surface area contributed by atoms with Crippen molar-refractivity contribution in [1.82, 2.24) is 20.0 Å². The number of methoxy groups -OCH3 is 1. The molecule has 1 aliphatic heterocycles. The van der Waals surface area contributed by atoms with Crippen LogP contribution in [0, 0.1) is 13.8 Å². The highest BCUT2D eigenvalue weighted by Crippen LogP contribution is 2.25. The molecule has 0 radical (unpaired) electrons. The van der Waals surface area contributed by atoms with Gasteiger partial charge >= 0.3 is 0 Å². The van der Waals surface area contributed by atoms with E-state index in [1.54, 1.807) is 24.9 Å². The smallest absolute Gasteiger partial charge is 0.278 e. The molecule has 0 saturated carbocycles. The molecule has 1 saturated heterocycles. The van der Waals surface area contributed by atoms with Crippen LogP contribution in [-0.2, 0) is 0 Å². The van der Waals surface area contributed by atoms with E-state index in [1.807, 2.05) is 0 Å². The molecule has 0 spiro atoms. The van der Waals surface area contributed by atoms with Gasteiger partial charge in [0.25, 0.3) is 17.7 Å². The number of likely N-dealkylation sites (tertiary alicyclic amines) is 1. The van der Waals surface area contributed by atoms with E-state index in [0.717, 1.165) is 6.42 Å². The zero-order valence-electron chi connectivity index (χ0n) is 13.3. The number of rotatable bonds is 4. The Morgan fingerprint density at radius 1 is 1.30 bits per heavy atom.